The predicted octanol–water partition coefficient (Wildman–Crippen LogP) is 5.31. The van der Waals surface area contributed by atoms with Crippen molar-refractivity contribution in [3.05, 3.63) is 34.9 Å². The number of rotatable bonds is 5. The molecule has 0 spiro atoms. The van der Waals surface area contributed by atoms with Crippen LogP contribution >= 0.6 is 11.6 Å². The highest BCUT2D eigenvalue weighted by atomic mass is 35.5. The van der Waals surface area contributed by atoms with Crippen LogP contribution in [0.15, 0.2) is 34.9 Å². The van der Waals surface area contributed by atoms with Gasteiger partial charge in [0.1, 0.15) is 0 Å². The van der Waals surface area contributed by atoms with Gasteiger partial charge in [-0.15, -0.1) is 0 Å². The molecule has 0 aromatic rings. The third-order valence-corrected chi connectivity index (χ3v) is 3.08. The smallest absolute Gasteiger partial charge is 0.0211 e. The molecule has 0 fully saturated rings. The second-order valence-electron chi connectivity index (χ2n) is 4.46. The summed E-state index contributed by atoms with van der Waals surface area (Å²) in [5, 5.41) is 0.933. The van der Waals surface area contributed by atoms with Gasteiger partial charge in [-0.25, -0.2) is 0 Å². The summed E-state index contributed by atoms with van der Waals surface area (Å²) < 4.78 is 0. The van der Waals surface area contributed by atoms with Gasteiger partial charge in [0.15, 0.2) is 0 Å². The van der Waals surface area contributed by atoms with Crippen molar-refractivity contribution >= 4 is 11.6 Å². The van der Waals surface area contributed by atoms with Gasteiger partial charge in [0.05, 0.1) is 0 Å². The lowest BCUT2D eigenvalue weighted by atomic mass is 10.0. The lowest BCUT2D eigenvalue weighted by Gasteiger charge is -2.08. The van der Waals surface area contributed by atoms with Crippen LogP contribution in [-0.4, -0.2) is 0 Å². The molecular formula is C14H23Cl. The molecule has 0 saturated heterocycles. The van der Waals surface area contributed by atoms with E-state index in [1.807, 2.05) is 6.08 Å². The molecule has 0 aliphatic heterocycles. The Bertz CT molecular complexity index is 269. The number of allylic oxidation sites excluding steroid dienone is 5. The molecule has 0 rings (SSSR count). The summed E-state index contributed by atoms with van der Waals surface area (Å²) in [6.45, 7) is 14.7. The van der Waals surface area contributed by atoms with Gasteiger partial charge in [-0.3, -0.25) is 0 Å². The Hall–Kier alpha value is -0.490. The van der Waals surface area contributed by atoms with Crippen molar-refractivity contribution in [3.8, 4) is 0 Å². The van der Waals surface area contributed by atoms with Crippen molar-refractivity contribution in [1.29, 1.82) is 0 Å². The molecule has 0 amide bonds. The summed E-state index contributed by atoms with van der Waals surface area (Å²) in [5.74, 6) is 0.943. The molecule has 86 valence electrons. The summed E-state index contributed by atoms with van der Waals surface area (Å²) in [6.07, 6.45) is 5.23. The van der Waals surface area contributed by atoms with Crippen molar-refractivity contribution in [2.45, 2.75) is 41.0 Å². The molecule has 15 heavy (non-hydrogen) atoms. The molecule has 0 aromatic heterocycles. The quantitative estimate of drug-likeness (QED) is 0.557. The first-order chi connectivity index (χ1) is 6.88. The maximum Gasteiger partial charge on any atom is 0.0211 e. The van der Waals surface area contributed by atoms with Crippen molar-refractivity contribution in [2.75, 3.05) is 0 Å². The highest BCUT2D eigenvalue weighted by molar-refractivity contribution is 6.30. The van der Waals surface area contributed by atoms with Crippen molar-refractivity contribution in [2.24, 2.45) is 11.8 Å². The first-order valence-electron chi connectivity index (χ1n) is 5.62. The van der Waals surface area contributed by atoms with Gasteiger partial charge >= 0.3 is 0 Å². The van der Waals surface area contributed by atoms with Crippen LogP contribution in [0.3, 0.4) is 0 Å². The average Bonchev–Trinajstić information content (AvgIpc) is 2.15. The Morgan fingerprint density at radius 2 is 1.80 bits per heavy atom. The fourth-order valence-electron chi connectivity index (χ4n) is 1.06. The number of halogens is 1. The summed E-state index contributed by atoms with van der Waals surface area (Å²) in [5.41, 5.74) is 2.33. The first kappa shape index (κ1) is 14.5. The van der Waals surface area contributed by atoms with E-state index >= 15 is 0 Å². The minimum absolute atomic E-state index is 0.447. The lowest BCUT2D eigenvalue weighted by molar-refractivity contribution is 0.684. The van der Waals surface area contributed by atoms with E-state index in [4.69, 9.17) is 11.6 Å². The van der Waals surface area contributed by atoms with Crippen molar-refractivity contribution < 1.29 is 0 Å². The normalized spacial score (nSPS) is 15.7. The Balaban J connectivity index is 4.59. The minimum Gasteiger partial charge on any atom is -0.0956 e. The summed E-state index contributed by atoms with van der Waals surface area (Å²) in [7, 11) is 0. The molecule has 1 unspecified atom stereocenters. The van der Waals surface area contributed by atoms with Crippen LogP contribution in [0.5, 0.6) is 0 Å². The molecule has 0 radical (unpaired) electrons. The molecule has 0 nitrogen and oxygen atoms in total. The van der Waals surface area contributed by atoms with E-state index in [1.165, 1.54) is 5.57 Å². The second kappa shape index (κ2) is 6.90. The second-order valence-corrected chi connectivity index (χ2v) is 4.89. The van der Waals surface area contributed by atoms with Gasteiger partial charge in [-0.2, -0.15) is 0 Å². The van der Waals surface area contributed by atoms with Gasteiger partial charge in [0.2, 0.25) is 0 Å². The molecule has 0 heterocycles. The highest BCUT2D eigenvalue weighted by Crippen LogP contribution is 2.21. The van der Waals surface area contributed by atoms with Crippen LogP contribution in [0.4, 0.5) is 0 Å². The summed E-state index contributed by atoms with van der Waals surface area (Å²) in [4.78, 5) is 0. The minimum atomic E-state index is 0.447. The molecule has 0 saturated carbocycles. The largest absolute Gasteiger partial charge is 0.0956 e. The van der Waals surface area contributed by atoms with E-state index in [2.05, 4.69) is 47.3 Å². The zero-order valence-corrected chi connectivity index (χ0v) is 11.4. The van der Waals surface area contributed by atoms with Crippen LogP contribution in [-0.2, 0) is 0 Å². The molecule has 1 atom stereocenters. The third kappa shape index (κ3) is 5.84. The fraction of sp³-hybridized carbons (Fsp3) is 0.571. The van der Waals surface area contributed by atoms with E-state index in [-0.39, 0.29) is 0 Å². The predicted molar refractivity (Wildman–Crippen MR) is 71.1 cm³/mol. The third-order valence-electron chi connectivity index (χ3n) is 2.60. The molecular weight excluding hydrogens is 204 g/mol. The van der Waals surface area contributed by atoms with Crippen molar-refractivity contribution in [3.63, 3.8) is 0 Å². The van der Waals surface area contributed by atoms with Crippen LogP contribution in [0.25, 0.3) is 0 Å². The zero-order chi connectivity index (χ0) is 12.0. The number of hydrogen-bond donors (Lipinski definition) is 0. The molecule has 0 aliphatic carbocycles. The Morgan fingerprint density at radius 3 is 2.20 bits per heavy atom. The molecule has 0 aromatic carbocycles. The van der Waals surface area contributed by atoms with Crippen molar-refractivity contribution in [1.82, 2.24) is 0 Å². The topological polar surface area (TPSA) is 0 Å². The van der Waals surface area contributed by atoms with Gasteiger partial charge in [0.25, 0.3) is 0 Å². The summed E-state index contributed by atoms with van der Waals surface area (Å²) in [6, 6.07) is 0. The standard InChI is InChI=1S/C14H23Cl/c1-7-12(5)14(15)9-11(4)8-13(6)10(2)3/h8-10,12H,6-7H2,1-5H3/b11-8-,14-9+. The molecule has 0 aliphatic rings. The SMILES string of the molecule is C=C(/C=C(C)\C=C(\Cl)C(C)CC)C(C)C. The number of hydrogen-bond acceptors (Lipinski definition) is 0. The molecule has 1 heteroatoms. The van der Waals surface area contributed by atoms with Gasteiger partial charge in [0, 0.05) is 5.03 Å². The summed E-state index contributed by atoms with van der Waals surface area (Å²) >= 11 is 6.18. The maximum atomic E-state index is 6.18. The van der Waals surface area contributed by atoms with Crippen LogP contribution in [0.1, 0.15) is 41.0 Å². The zero-order valence-electron chi connectivity index (χ0n) is 10.6. The molecule has 0 bridgehead atoms. The van der Waals surface area contributed by atoms with Gasteiger partial charge in [-0.1, -0.05) is 57.5 Å². The average molecular weight is 227 g/mol. The van der Waals surface area contributed by atoms with E-state index < -0.39 is 0 Å². The van der Waals surface area contributed by atoms with Gasteiger partial charge in [-0.05, 0) is 36.8 Å². The van der Waals surface area contributed by atoms with Gasteiger partial charge < -0.3 is 0 Å². The van der Waals surface area contributed by atoms with Crippen LogP contribution in [0.2, 0.25) is 0 Å². The fourth-order valence-corrected chi connectivity index (χ4v) is 1.38. The van der Waals surface area contributed by atoms with Crippen LogP contribution < -0.4 is 0 Å². The van der Waals surface area contributed by atoms with E-state index in [1.54, 1.807) is 0 Å². The Kier molecular flexibility index (Phi) is 6.67. The Morgan fingerprint density at radius 1 is 1.27 bits per heavy atom. The monoisotopic (exact) mass is 226 g/mol. The molecule has 0 N–H and O–H groups in total. The maximum absolute atomic E-state index is 6.18. The Labute approximate surface area is 99.7 Å². The van der Waals surface area contributed by atoms with E-state index in [9.17, 15) is 0 Å². The lowest BCUT2D eigenvalue weighted by Crippen LogP contribution is -1.92. The highest BCUT2D eigenvalue weighted by Gasteiger charge is 2.03. The van der Waals surface area contributed by atoms with Crippen LogP contribution in [0, 0.1) is 11.8 Å². The van der Waals surface area contributed by atoms with E-state index in [0.29, 0.717) is 11.8 Å². The first-order valence-corrected chi connectivity index (χ1v) is 6.00. The van der Waals surface area contributed by atoms with E-state index in [0.717, 1.165) is 17.0 Å².